The average molecular weight is 420 g/mol. The number of carbonyl (C=O) groups is 2. The summed E-state index contributed by atoms with van der Waals surface area (Å²) in [4.78, 5) is 32.2. The molecule has 2 aliphatic rings. The summed E-state index contributed by atoms with van der Waals surface area (Å²) in [5.74, 6) is 0.397. The van der Waals surface area contributed by atoms with Crippen LogP contribution in [0.4, 0.5) is 0 Å². The fourth-order valence-corrected chi connectivity index (χ4v) is 4.97. The Morgan fingerprint density at radius 3 is 2.53 bits per heavy atom. The second-order valence-corrected chi connectivity index (χ2v) is 9.15. The molecule has 0 N–H and O–H groups in total. The van der Waals surface area contributed by atoms with Crippen molar-refractivity contribution in [2.45, 2.75) is 32.2 Å². The van der Waals surface area contributed by atoms with Crippen LogP contribution in [0.2, 0.25) is 0 Å². The summed E-state index contributed by atoms with van der Waals surface area (Å²) in [6.07, 6.45) is 5.49. The van der Waals surface area contributed by atoms with Crippen LogP contribution in [0, 0.1) is 11.8 Å². The zero-order valence-corrected chi connectivity index (χ0v) is 17.7. The molecule has 154 valence electrons. The van der Waals surface area contributed by atoms with Gasteiger partial charge in [0.2, 0.25) is 5.91 Å². The molecule has 1 aliphatic heterocycles. The summed E-state index contributed by atoms with van der Waals surface area (Å²) in [5.41, 5.74) is 1.22. The molecule has 1 saturated carbocycles. The van der Waals surface area contributed by atoms with Crippen molar-refractivity contribution < 1.29 is 9.59 Å². The highest BCUT2D eigenvalue weighted by atomic mass is 32.1. The minimum absolute atomic E-state index is 0.0531. The minimum atomic E-state index is -0.0821. The molecule has 5 rings (SSSR count). The molecule has 1 aliphatic carbocycles. The van der Waals surface area contributed by atoms with Gasteiger partial charge in [-0.05, 0) is 42.0 Å². The number of hydrogen-bond donors (Lipinski definition) is 0. The van der Waals surface area contributed by atoms with Crippen molar-refractivity contribution in [3.05, 3.63) is 64.4 Å². The van der Waals surface area contributed by atoms with Gasteiger partial charge in [0, 0.05) is 36.5 Å². The van der Waals surface area contributed by atoms with Crippen LogP contribution in [0.3, 0.4) is 0 Å². The van der Waals surface area contributed by atoms with Crippen molar-refractivity contribution in [1.29, 1.82) is 0 Å². The summed E-state index contributed by atoms with van der Waals surface area (Å²) < 4.78 is 2.05. The average Bonchev–Trinajstić information content (AvgIpc) is 3.55. The molecule has 30 heavy (non-hydrogen) atoms. The minimum Gasteiger partial charge on any atom is -0.342 e. The number of benzene rings is 2. The first kappa shape index (κ1) is 19.2. The summed E-state index contributed by atoms with van der Waals surface area (Å²) in [7, 11) is 0. The molecule has 0 unspecified atom stereocenters. The number of likely N-dealkylation sites (tertiary alicyclic amines) is 1. The van der Waals surface area contributed by atoms with Gasteiger partial charge in [0.15, 0.2) is 4.80 Å². The van der Waals surface area contributed by atoms with Crippen molar-refractivity contribution in [2.24, 2.45) is 16.8 Å². The molecule has 3 aromatic rings. The Morgan fingerprint density at radius 1 is 0.967 bits per heavy atom. The van der Waals surface area contributed by atoms with Crippen LogP contribution in [-0.4, -0.2) is 34.4 Å². The zero-order valence-electron chi connectivity index (χ0n) is 16.9. The van der Waals surface area contributed by atoms with Crippen LogP contribution in [0.5, 0.6) is 0 Å². The number of amides is 2. The number of thiazole rings is 1. The maximum absolute atomic E-state index is 12.8. The molecule has 2 aromatic carbocycles. The molecule has 2 fully saturated rings. The van der Waals surface area contributed by atoms with Gasteiger partial charge in [-0.1, -0.05) is 42.5 Å². The van der Waals surface area contributed by atoms with Gasteiger partial charge in [0.05, 0.1) is 6.54 Å². The fourth-order valence-electron chi connectivity index (χ4n) is 4.24. The van der Waals surface area contributed by atoms with E-state index in [4.69, 9.17) is 0 Å². The predicted molar refractivity (Wildman–Crippen MR) is 118 cm³/mol. The monoisotopic (exact) mass is 419 g/mol. The number of hydrogen-bond acceptors (Lipinski definition) is 3. The first-order chi connectivity index (χ1) is 14.7. The number of fused-ring (bicyclic) bond motifs is 1. The number of nitrogens with zero attached hydrogens (tertiary/aromatic N) is 3. The third-order valence-electron chi connectivity index (χ3n) is 6.17. The molecule has 2 heterocycles. The predicted octanol–water partition coefficient (Wildman–Crippen LogP) is 3.83. The summed E-state index contributed by atoms with van der Waals surface area (Å²) >= 11 is 1.50. The van der Waals surface area contributed by atoms with Gasteiger partial charge >= 0.3 is 0 Å². The van der Waals surface area contributed by atoms with Crippen LogP contribution in [0.1, 0.15) is 31.2 Å². The second-order valence-electron chi connectivity index (χ2n) is 8.28. The van der Waals surface area contributed by atoms with Crippen LogP contribution in [0.15, 0.2) is 59.0 Å². The van der Waals surface area contributed by atoms with Gasteiger partial charge in [0.25, 0.3) is 5.91 Å². The van der Waals surface area contributed by atoms with E-state index < -0.39 is 0 Å². The lowest BCUT2D eigenvalue weighted by molar-refractivity contribution is -0.136. The van der Waals surface area contributed by atoms with E-state index in [9.17, 15) is 9.59 Å². The molecule has 0 radical (unpaired) electrons. The summed E-state index contributed by atoms with van der Waals surface area (Å²) in [5, 5.41) is 4.42. The highest BCUT2D eigenvalue weighted by Gasteiger charge is 2.35. The Labute approximate surface area is 179 Å². The zero-order chi connectivity index (χ0) is 20.5. The summed E-state index contributed by atoms with van der Waals surface area (Å²) in [6, 6.07) is 14.7. The van der Waals surface area contributed by atoms with Crippen LogP contribution in [-0.2, 0) is 16.1 Å². The van der Waals surface area contributed by atoms with Crippen molar-refractivity contribution in [1.82, 2.24) is 9.47 Å². The van der Waals surface area contributed by atoms with E-state index in [2.05, 4.69) is 46.0 Å². The van der Waals surface area contributed by atoms with Crippen LogP contribution in [0.25, 0.3) is 10.8 Å². The van der Waals surface area contributed by atoms with Gasteiger partial charge in [-0.15, -0.1) is 11.3 Å². The molecule has 1 aromatic heterocycles. The number of aromatic nitrogens is 1. The molecular weight excluding hydrogens is 394 g/mol. The van der Waals surface area contributed by atoms with Gasteiger partial charge in [-0.2, -0.15) is 4.99 Å². The third-order valence-corrected chi connectivity index (χ3v) is 6.96. The highest BCUT2D eigenvalue weighted by molar-refractivity contribution is 7.07. The van der Waals surface area contributed by atoms with Gasteiger partial charge in [0.1, 0.15) is 0 Å². The van der Waals surface area contributed by atoms with Gasteiger partial charge < -0.3 is 9.47 Å². The van der Waals surface area contributed by atoms with Crippen molar-refractivity contribution in [3.63, 3.8) is 0 Å². The lowest BCUT2D eigenvalue weighted by atomic mass is 9.96. The molecule has 2 amide bonds. The Hall–Kier alpha value is -2.73. The number of rotatable bonds is 4. The number of piperidine rings is 1. The number of carbonyl (C=O) groups excluding carboxylic acids is 2. The van der Waals surface area contributed by atoms with Gasteiger partial charge in [-0.25, -0.2) is 0 Å². The van der Waals surface area contributed by atoms with Crippen molar-refractivity contribution in [2.75, 3.05) is 13.1 Å². The van der Waals surface area contributed by atoms with E-state index in [-0.39, 0.29) is 23.7 Å². The van der Waals surface area contributed by atoms with Crippen LogP contribution < -0.4 is 4.80 Å². The highest BCUT2D eigenvalue weighted by Crippen LogP contribution is 2.32. The topological polar surface area (TPSA) is 54.7 Å². The Morgan fingerprint density at radius 2 is 1.73 bits per heavy atom. The molecule has 0 spiro atoms. The quantitative estimate of drug-likeness (QED) is 0.645. The van der Waals surface area contributed by atoms with Crippen molar-refractivity contribution in [3.8, 4) is 0 Å². The molecule has 0 atom stereocenters. The van der Waals surface area contributed by atoms with Crippen LogP contribution >= 0.6 is 11.3 Å². The second kappa shape index (κ2) is 8.19. The largest absolute Gasteiger partial charge is 0.342 e. The standard InChI is InChI=1S/C24H25N3O2S/c28-22(18-10-12-26(13-11-18)23(29)19-8-9-19)25-24-27(14-15-30-24)16-20-6-3-5-17-4-1-2-7-21(17)20/h1-7,14-15,18-19H,8-13,16H2. The Bertz CT molecular complexity index is 1140. The maximum atomic E-state index is 12.8. The van der Waals surface area contributed by atoms with Crippen molar-refractivity contribution >= 4 is 33.9 Å². The van der Waals surface area contributed by atoms with E-state index in [0.717, 1.165) is 30.5 Å². The summed E-state index contributed by atoms with van der Waals surface area (Å²) in [6.45, 7) is 2.05. The first-order valence-corrected chi connectivity index (χ1v) is 11.5. The molecule has 6 heteroatoms. The lowest BCUT2D eigenvalue weighted by Gasteiger charge is -2.30. The van der Waals surface area contributed by atoms with E-state index in [1.54, 1.807) is 0 Å². The first-order valence-electron chi connectivity index (χ1n) is 10.7. The Balaban J connectivity index is 1.30. The third kappa shape index (κ3) is 3.97. The SMILES string of the molecule is O=C(N=c1sccn1Cc1cccc2ccccc12)C1CCN(C(=O)C2CC2)CC1. The van der Waals surface area contributed by atoms with E-state index in [0.29, 0.717) is 19.6 Å². The molecular formula is C24H25N3O2S. The smallest absolute Gasteiger partial charge is 0.251 e. The molecule has 1 saturated heterocycles. The lowest BCUT2D eigenvalue weighted by Crippen LogP contribution is -2.41. The molecule has 0 bridgehead atoms. The van der Waals surface area contributed by atoms with E-state index in [1.807, 2.05) is 22.5 Å². The Kier molecular flexibility index (Phi) is 5.25. The molecule has 5 nitrogen and oxygen atoms in total. The normalized spacial score (nSPS) is 18.1. The van der Waals surface area contributed by atoms with E-state index in [1.165, 1.54) is 27.7 Å². The van der Waals surface area contributed by atoms with E-state index >= 15 is 0 Å². The maximum Gasteiger partial charge on any atom is 0.251 e. The fraction of sp³-hybridized carbons (Fsp3) is 0.375. The van der Waals surface area contributed by atoms with Gasteiger partial charge in [-0.3, -0.25) is 9.59 Å².